The molecule has 1 aromatic carbocycles. The number of morpholine rings is 1. The Labute approximate surface area is 115 Å². The Morgan fingerprint density at radius 2 is 1.95 bits per heavy atom. The van der Waals surface area contributed by atoms with E-state index in [9.17, 15) is 0 Å². The average molecular weight is 261 g/mol. The maximum atomic E-state index is 6.02. The van der Waals surface area contributed by atoms with Crippen LogP contribution >= 0.6 is 0 Å². The number of benzene rings is 1. The van der Waals surface area contributed by atoms with E-state index in [1.165, 1.54) is 22.3 Å². The molecule has 1 aromatic rings. The summed E-state index contributed by atoms with van der Waals surface area (Å²) >= 11 is 0. The summed E-state index contributed by atoms with van der Waals surface area (Å²) in [4.78, 5) is 0. The van der Waals surface area contributed by atoms with Crippen LogP contribution in [0, 0.1) is 20.8 Å². The minimum absolute atomic E-state index is 0.0516. The van der Waals surface area contributed by atoms with E-state index in [1.54, 1.807) is 0 Å². The van der Waals surface area contributed by atoms with Gasteiger partial charge in [-0.1, -0.05) is 12.1 Å². The summed E-state index contributed by atoms with van der Waals surface area (Å²) < 4.78 is 11.6. The van der Waals surface area contributed by atoms with Gasteiger partial charge < -0.3 is 14.8 Å². The second-order valence-electron chi connectivity index (χ2n) is 5.89. The number of hydrogen-bond acceptors (Lipinski definition) is 3. The van der Waals surface area contributed by atoms with Crippen LogP contribution in [-0.4, -0.2) is 39.0 Å². The first-order chi connectivity index (χ1) is 9.15. The van der Waals surface area contributed by atoms with E-state index in [1.807, 2.05) is 0 Å². The minimum atomic E-state index is 0.0516. The Morgan fingerprint density at radius 1 is 1.16 bits per heavy atom. The van der Waals surface area contributed by atoms with E-state index < -0.39 is 0 Å². The van der Waals surface area contributed by atoms with Crippen LogP contribution in [-0.2, 0) is 14.9 Å². The Balaban J connectivity index is 2.00. The number of rotatable bonds is 2. The van der Waals surface area contributed by atoms with Gasteiger partial charge >= 0.3 is 0 Å². The lowest BCUT2D eigenvalue weighted by atomic mass is 9.71. The van der Waals surface area contributed by atoms with Gasteiger partial charge in [0.2, 0.25) is 0 Å². The van der Waals surface area contributed by atoms with E-state index in [0.717, 1.165) is 32.9 Å². The molecule has 3 heteroatoms. The van der Waals surface area contributed by atoms with Crippen molar-refractivity contribution in [1.82, 2.24) is 5.32 Å². The number of ether oxygens (including phenoxy) is 2. The zero-order chi connectivity index (χ0) is 13.5. The van der Waals surface area contributed by atoms with Crippen LogP contribution in [0.4, 0.5) is 0 Å². The zero-order valence-corrected chi connectivity index (χ0v) is 12.1. The molecule has 1 atom stereocenters. The lowest BCUT2D eigenvalue weighted by molar-refractivity contribution is -0.146. The standard InChI is InChI=1S/C16H23NO2/c1-11-4-5-14(13(3)12(11)2)16(9-18-10-16)15-8-17-6-7-19-15/h4-5,15,17H,6-10H2,1-3H3. The van der Waals surface area contributed by atoms with Crippen molar-refractivity contribution in [2.24, 2.45) is 0 Å². The van der Waals surface area contributed by atoms with E-state index in [-0.39, 0.29) is 11.5 Å². The zero-order valence-electron chi connectivity index (χ0n) is 12.1. The van der Waals surface area contributed by atoms with Crippen LogP contribution in [0.3, 0.4) is 0 Å². The van der Waals surface area contributed by atoms with Gasteiger partial charge in [0, 0.05) is 13.1 Å². The number of nitrogens with one attached hydrogen (secondary N) is 1. The fraction of sp³-hybridized carbons (Fsp3) is 0.625. The van der Waals surface area contributed by atoms with Crippen LogP contribution in [0.1, 0.15) is 22.3 Å². The molecular weight excluding hydrogens is 238 g/mol. The molecule has 0 bridgehead atoms. The molecule has 0 saturated carbocycles. The van der Waals surface area contributed by atoms with Crippen molar-refractivity contribution >= 4 is 0 Å². The number of hydrogen-bond donors (Lipinski definition) is 1. The highest BCUT2D eigenvalue weighted by molar-refractivity contribution is 5.45. The van der Waals surface area contributed by atoms with Crippen LogP contribution in [0.15, 0.2) is 12.1 Å². The van der Waals surface area contributed by atoms with Gasteiger partial charge in [-0.15, -0.1) is 0 Å². The predicted molar refractivity (Wildman–Crippen MR) is 75.8 cm³/mol. The fourth-order valence-electron chi connectivity index (χ4n) is 3.25. The summed E-state index contributed by atoms with van der Waals surface area (Å²) in [7, 11) is 0. The summed E-state index contributed by atoms with van der Waals surface area (Å²) in [5.41, 5.74) is 5.62. The maximum absolute atomic E-state index is 6.02. The van der Waals surface area contributed by atoms with Gasteiger partial charge in [-0.3, -0.25) is 0 Å². The highest BCUT2D eigenvalue weighted by Gasteiger charge is 2.49. The van der Waals surface area contributed by atoms with Gasteiger partial charge in [-0.25, -0.2) is 0 Å². The van der Waals surface area contributed by atoms with Gasteiger partial charge in [-0.05, 0) is 43.0 Å². The van der Waals surface area contributed by atoms with Gasteiger partial charge in [0.05, 0.1) is 31.3 Å². The average Bonchev–Trinajstić information content (AvgIpc) is 2.39. The molecule has 104 valence electrons. The molecule has 2 heterocycles. The van der Waals surface area contributed by atoms with Crippen molar-refractivity contribution in [2.45, 2.75) is 32.3 Å². The molecule has 0 aliphatic carbocycles. The summed E-state index contributed by atoms with van der Waals surface area (Å²) in [6.07, 6.45) is 0.232. The first kappa shape index (κ1) is 13.1. The molecular formula is C16H23NO2. The third-order valence-electron chi connectivity index (χ3n) is 4.86. The largest absolute Gasteiger partial charge is 0.379 e. The monoisotopic (exact) mass is 261 g/mol. The fourth-order valence-corrected chi connectivity index (χ4v) is 3.25. The lowest BCUT2D eigenvalue weighted by Crippen LogP contribution is -2.61. The molecule has 1 N–H and O–H groups in total. The molecule has 1 unspecified atom stereocenters. The Hall–Kier alpha value is -0.900. The molecule has 0 radical (unpaired) electrons. The van der Waals surface area contributed by atoms with Crippen molar-refractivity contribution < 1.29 is 9.47 Å². The highest BCUT2D eigenvalue weighted by atomic mass is 16.5. The van der Waals surface area contributed by atoms with E-state index in [4.69, 9.17) is 9.47 Å². The van der Waals surface area contributed by atoms with Crippen LogP contribution in [0.5, 0.6) is 0 Å². The van der Waals surface area contributed by atoms with Gasteiger partial charge in [0.15, 0.2) is 0 Å². The summed E-state index contributed by atoms with van der Waals surface area (Å²) in [6, 6.07) is 4.51. The van der Waals surface area contributed by atoms with Crippen LogP contribution in [0.2, 0.25) is 0 Å². The van der Waals surface area contributed by atoms with Gasteiger partial charge in [-0.2, -0.15) is 0 Å². The second-order valence-corrected chi connectivity index (χ2v) is 5.89. The normalized spacial score (nSPS) is 25.9. The molecule has 2 aliphatic rings. The van der Waals surface area contributed by atoms with Gasteiger partial charge in [0.25, 0.3) is 0 Å². The molecule has 3 nitrogen and oxygen atoms in total. The maximum Gasteiger partial charge on any atom is 0.0841 e. The molecule has 3 rings (SSSR count). The quantitative estimate of drug-likeness (QED) is 0.881. The highest BCUT2D eigenvalue weighted by Crippen LogP contribution is 2.40. The Kier molecular flexibility index (Phi) is 3.37. The Bertz CT molecular complexity index is 474. The first-order valence-electron chi connectivity index (χ1n) is 7.12. The van der Waals surface area contributed by atoms with Crippen LogP contribution < -0.4 is 5.32 Å². The van der Waals surface area contributed by atoms with E-state index in [0.29, 0.717) is 0 Å². The molecule has 2 aliphatic heterocycles. The summed E-state index contributed by atoms with van der Waals surface area (Å²) in [6.45, 7) is 10.9. The van der Waals surface area contributed by atoms with Crippen molar-refractivity contribution in [3.8, 4) is 0 Å². The van der Waals surface area contributed by atoms with Gasteiger partial charge in [0.1, 0.15) is 0 Å². The number of aryl methyl sites for hydroxylation is 1. The molecule has 2 fully saturated rings. The molecule has 0 spiro atoms. The predicted octanol–water partition coefficient (Wildman–Crippen LogP) is 1.87. The first-order valence-corrected chi connectivity index (χ1v) is 7.12. The van der Waals surface area contributed by atoms with Crippen molar-refractivity contribution in [3.63, 3.8) is 0 Å². The summed E-state index contributed by atoms with van der Waals surface area (Å²) in [5.74, 6) is 0. The SMILES string of the molecule is Cc1ccc(C2(C3CNCCO3)COC2)c(C)c1C. The molecule has 0 amide bonds. The van der Waals surface area contributed by atoms with Crippen molar-refractivity contribution in [1.29, 1.82) is 0 Å². The third kappa shape index (κ3) is 2.00. The van der Waals surface area contributed by atoms with Crippen LogP contribution in [0.25, 0.3) is 0 Å². The third-order valence-corrected chi connectivity index (χ3v) is 4.86. The molecule has 2 saturated heterocycles. The molecule has 0 aromatic heterocycles. The van der Waals surface area contributed by atoms with E-state index >= 15 is 0 Å². The molecule has 19 heavy (non-hydrogen) atoms. The smallest absolute Gasteiger partial charge is 0.0841 e. The Morgan fingerprint density at radius 3 is 2.53 bits per heavy atom. The van der Waals surface area contributed by atoms with Crippen molar-refractivity contribution in [3.05, 3.63) is 34.4 Å². The van der Waals surface area contributed by atoms with Crippen molar-refractivity contribution in [2.75, 3.05) is 32.9 Å². The second kappa shape index (κ2) is 4.89. The topological polar surface area (TPSA) is 30.5 Å². The minimum Gasteiger partial charge on any atom is -0.379 e. The van der Waals surface area contributed by atoms with E-state index in [2.05, 4.69) is 38.2 Å². The summed E-state index contributed by atoms with van der Waals surface area (Å²) in [5, 5.41) is 3.44. The lowest BCUT2D eigenvalue weighted by Gasteiger charge is -2.49.